The monoisotopic (exact) mass is 234 g/mol. The topological polar surface area (TPSA) is 29.5 Å². The van der Waals surface area contributed by atoms with Crippen LogP contribution in [-0.2, 0) is 0 Å². The Balaban J connectivity index is 2.08. The molecule has 0 spiro atoms. The lowest BCUT2D eigenvalue weighted by atomic mass is 10.2. The molecule has 82 valence electrons. The van der Waals surface area contributed by atoms with E-state index >= 15 is 0 Å². The molecule has 2 rings (SSSR count). The van der Waals surface area contributed by atoms with Crippen molar-refractivity contribution in [2.45, 2.75) is 5.56 Å². The van der Waals surface area contributed by atoms with Crippen LogP contribution in [0.15, 0.2) is 54.6 Å². The normalized spacial score (nSPS) is 12.1. The first-order valence-corrected chi connectivity index (χ1v) is 5.34. The molecule has 0 bridgehead atoms. The minimum atomic E-state index is -0.522. The fraction of sp³-hybridized carbons (Fsp3) is 0.0769. The lowest BCUT2D eigenvalue weighted by Gasteiger charge is -2.12. The summed E-state index contributed by atoms with van der Waals surface area (Å²) < 4.78 is 5.51. The van der Waals surface area contributed by atoms with Gasteiger partial charge in [-0.3, -0.25) is 0 Å². The first-order valence-electron chi connectivity index (χ1n) is 4.90. The van der Waals surface area contributed by atoms with E-state index in [1.54, 1.807) is 24.3 Å². The third-order valence-electron chi connectivity index (χ3n) is 2.14. The lowest BCUT2D eigenvalue weighted by molar-refractivity contribution is 0.288. The van der Waals surface area contributed by atoms with Crippen LogP contribution in [0, 0.1) is 0 Å². The van der Waals surface area contributed by atoms with Crippen molar-refractivity contribution in [2.24, 2.45) is 0 Å². The third-order valence-corrected chi connectivity index (χ3v) is 2.48. The summed E-state index contributed by atoms with van der Waals surface area (Å²) in [5, 5.41) is 9.12. The summed E-state index contributed by atoms with van der Waals surface area (Å²) in [5.74, 6) is 0.833. The summed E-state index contributed by atoms with van der Waals surface area (Å²) in [5.41, 5.74) is 0.378. The number of phenolic OH excluding ortho intramolecular Hbond substituents is 1. The zero-order chi connectivity index (χ0) is 11.4. The van der Waals surface area contributed by atoms with Gasteiger partial charge in [-0.2, -0.15) is 0 Å². The van der Waals surface area contributed by atoms with Gasteiger partial charge in [0.1, 0.15) is 11.5 Å². The number of aromatic hydroxyl groups is 1. The molecule has 0 aliphatic carbocycles. The Hall–Kier alpha value is -1.67. The van der Waals surface area contributed by atoms with Crippen LogP contribution in [0.5, 0.6) is 11.5 Å². The smallest absolute Gasteiger partial charge is 0.197 e. The van der Waals surface area contributed by atoms with E-state index in [1.807, 2.05) is 30.3 Å². The Morgan fingerprint density at radius 2 is 1.56 bits per heavy atom. The van der Waals surface area contributed by atoms with E-state index in [4.69, 9.17) is 21.4 Å². The predicted octanol–water partition coefficient (Wildman–Crippen LogP) is 3.71. The van der Waals surface area contributed by atoms with Crippen molar-refractivity contribution in [3.63, 3.8) is 0 Å². The second-order valence-corrected chi connectivity index (χ2v) is 3.73. The van der Waals surface area contributed by atoms with Crippen molar-refractivity contribution in [1.82, 2.24) is 0 Å². The summed E-state index contributed by atoms with van der Waals surface area (Å²) in [6.45, 7) is 0. The molecule has 0 heterocycles. The Bertz CT molecular complexity index is 439. The van der Waals surface area contributed by atoms with E-state index in [0.29, 0.717) is 5.75 Å². The molecule has 2 nitrogen and oxygen atoms in total. The van der Waals surface area contributed by atoms with E-state index in [1.165, 1.54) is 0 Å². The minimum absolute atomic E-state index is 0.207. The molecule has 2 aromatic carbocycles. The van der Waals surface area contributed by atoms with Crippen molar-refractivity contribution in [3.05, 3.63) is 60.2 Å². The molecule has 1 N–H and O–H groups in total. The quantitative estimate of drug-likeness (QED) is 0.821. The Morgan fingerprint density at radius 1 is 0.938 bits per heavy atom. The van der Waals surface area contributed by atoms with E-state index in [2.05, 4.69) is 0 Å². The van der Waals surface area contributed by atoms with Crippen LogP contribution >= 0.6 is 11.6 Å². The maximum absolute atomic E-state index is 9.12. The average molecular weight is 235 g/mol. The molecule has 2 aromatic rings. The van der Waals surface area contributed by atoms with Gasteiger partial charge in [-0.1, -0.05) is 41.9 Å². The predicted molar refractivity (Wildman–Crippen MR) is 63.8 cm³/mol. The van der Waals surface area contributed by atoms with Crippen molar-refractivity contribution >= 4 is 11.6 Å². The number of hydrogen-bond acceptors (Lipinski definition) is 2. The SMILES string of the molecule is Oc1ccc(OC(Cl)c2ccccc2)cc1. The third kappa shape index (κ3) is 2.67. The standard InChI is InChI=1S/C13H11ClO2/c14-13(10-4-2-1-3-5-10)16-12-8-6-11(15)7-9-12/h1-9,13,15H. The molecule has 0 saturated heterocycles. The number of phenols is 1. The summed E-state index contributed by atoms with van der Waals surface area (Å²) in [6, 6.07) is 16.0. The largest absolute Gasteiger partial charge is 0.508 e. The Morgan fingerprint density at radius 3 is 2.19 bits per heavy atom. The second-order valence-electron chi connectivity index (χ2n) is 3.34. The van der Waals surface area contributed by atoms with Crippen LogP contribution in [0.4, 0.5) is 0 Å². The lowest BCUT2D eigenvalue weighted by Crippen LogP contribution is -1.99. The molecule has 0 aliphatic rings. The fourth-order valence-electron chi connectivity index (χ4n) is 1.32. The van der Waals surface area contributed by atoms with Crippen molar-refractivity contribution < 1.29 is 9.84 Å². The summed E-state index contributed by atoms with van der Waals surface area (Å²) in [7, 11) is 0. The molecule has 1 unspecified atom stereocenters. The van der Waals surface area contributed by atoms with Gasteiger partial charge in [0.2, 0.25) is 0 Å². The molecule has 3 heteroatoms. The van der Waals surface area contributed by atoms with E-state index in [0.717, 1.165) is 5.56 Å². The highest BCUT2D eigenvalue weighted by molar-refractivity contribution is 6.20. The number of hydrogen-bond donors (Lipinski definition) is 1. The van der Waals surface area contributed by atoms with Gasteiger partial charge in [-0.05, 0) is 24.3 Å². The van der Waals surface area contributed by atoms with Gasteiger partial charge >= 0.3 is 0 Å². The summed E-state index contributed by atoms with van der Waals surface area (Å²) in [4.78, 5) is 0. The number of ether oxygens (including phenoxy) is 1. The average Bonchev–Trinajstić information content (AvgIpc) is 2.33. The van der Waals surface area contributed by atoms with Gasteiger partial charge in [0.25, 0.3) is 0 Å². The van der Waals surface area contributed by atoms with Crippen molar-refractivity contribution in [3.8, 4) is 11.5 Å². The van der Waals surface area contributed by atoms with Crippen LogP contribution in [0.2, 0.25) is 0 Å². The number of benzene rings is 2. The number of rotatable bonds is 3. The molecule has 16 heavy (non-hydrogen) atoms. The molecule has 0 saturated carbocycles. The van der Waals surface area contributed by atoms with Crippen LogP contribution < -0.4 is 4.74 Å². The highest BCUT2D eigenvalue weighted by Crippen LogP contribution is 2.26. The highest BCUT2D eigenvalue weighted by atomic mass is 35.5. The zero-order valence-electron chi connectivity index (χ0n) is 8.51. The van der Waals surface area contributed by atoms with E-state index in [-0.39, 0.29) is 5.75 Å². The maximum Gasteiger partial charge on any atom is 0.197 e. The molecular formula is C13H11ClO2. The van der Waals surface area contributed by atoms with Gasteiger partial charge in [-0.25, -0.2) is 0 Å². The van der Waals surface area contributed by atoms with Crippen LogP contribution in [0.3, 0.4) is 0 Å². The maximum atomic E-state index is 9.12. The minimum Gasteiger partial charge on any atom is -0.508 e. The molecule has 0 aliphatic heterocycles. The van der Waals surface area contributed by atoms with E-state index in [9.17, 15) is 0 Å². The van der Waals surface area contributed by atoms with E-state index < -0.39 is 5.56 Å². The number of alkyl halides is 1. The van der Waals surface area contributed by atoms with Gasteiger partial charge in [0.05, 0.1) is 0 Å². The van der Waals surface area contributed by atoms with Crippen molar-refractivity contribution in [1.29, 1.82) is 0 Å². The van der Waals surface area contributed by atoms with Gasteiger partial charge in [0.15, 0.2) is 5.56 Å². The van der Waals surface area contributed by atoms with Crippen LogP contribution in [0.25, 0.3) is 0 Å². The van der Waals surface area contributed by atoms with Gasteiger partial charge in [0, 0.05) is 5.56 Å². The molecule has 1 atom stereocenters. The molecule has 0 aromatic heterocycles. The molecular weight excluding hydrogens is 224 g/mol. The summed E-state index contributed by atoms with van der Waals surface area (Å²) >= 11 is 6.10. The number of halogens is 1. The van der Waals surface area contributed by atoms with Crippen molar-refractivity contribution in [2.75, 3.05) is 0 Å². The highest BCUT2D eigenvalue weighted by Gasteiger charge is 2.08. The van der Waals surface area contributed by atoms with Gasteiger partial charge < -0.3 is 9.84 Å². The Labute approximate surface area is 99.1 Å². The summed E-state index contributed by atoms with van der Waals surface area (Å²) in [6.07, 6.45) is 0. The van der Waals surface area contributed by atoms with Gasteiger partial charge in [-0.15, -0.1) is 0 Å². The molecule has 0 radical (unpaired) electrons. The fourth-order valence-corrected chi connectivity index (χ4v) is 1.56. The second kappa shape index (κ2) is 4.90. The van der Waals surface area contributed by atoms with Crippen LogP contribution in [0.1, 0.15) is 11.1 Å². The molecule has 0 fully saturated rings. The first kappa shape index (κ1) is 10.8. The molecule has 0 amide bonds. The first-order chi connectivity index (χ1) is 7.75. The Kier molecular flexibility index (Phi) is 3.32. The van der Waals surface area contributed by atoms with Crippen LogP contribution in [-0.4, -0.2) is 5.11 Å². The zero-order valence-corrected chi connectivity index (χ0v) is 9.26.